The highest BCUT2D eigenvalue weighted by molar-refractivity contribution is 7.92. The Labute approximate surface area is 267 Å². The molecule has 12 nitrogen and oxygen atoms in total. The van der Waals surface area contributed by atoms with Crippen LogP contribution in [0.3, 0.4) is 0 Å². The molecule has 1 fully saturated rings. The Kier molecular flexibility index (Phi) is 7.99. The number of nitrogens with zero attached hydrogens (tertiary/aromatic N) is 5. The van der Waals surface area contributed by atoms with E-state index in [2.05, 4.69) is 10.0 Å². The van der Waals surface area contributed by atoms with Crippen molar-refractivity contribution in [1.82, 2.24) is 23.4 Å². The van der Waals surface area contributed by atoms with Gasteiger partial charge in [-0.15, -0.1) is 0 Å². The summed E-state index contributed by atoms with van der Waals surface area (Å²) in [6.07, 6.45) is 8.21. The van der Waals surface area contributed by atoms with E-state index in [1.165, 1.54) is 8.87 Å². The second kappa shape index (κ2) is 11.7. The van der Waals surface area contributed by atoms with Crippen LogP contribution in [0.15, 0.2) is 90.2 Å². The molecule has 5 aromatic rings. The molecule has 1 aromatic carbocycles. The molecule has 0 radical (unpaired) electrons. The maximum atomic E-state index is 13.1. The molecule has 0 amide bonds. The van der Waals surface area contributed by atoms with Crippen molar-refractivity contribution in [2.45, 2.75) is 25.4 Å². The average molecular weight is 662 g/mol. The summed E-state index contributed by atoms with van der Waals surface area (Å²) >= 11 is 0. The molecule has 4 aromatic heterocycles. The molecule has 1 saturated heterocycles. The zero-order valence-corrected chi connectivity index (χ0v) is 27.5. The van der Waals surface area contributed by atoms with E-state index in [1.54, 1.807) is 44.7 Å². The molecule has 240 valence electrons. The molecule has 0 bridgehead atoms. The Hall–Kier alpha value is -4.53. The van der Waals surface area contributed by atoms with Gasteiger partial charge in [-0.3, -0.25) is 19.5 Å². The van der Waals surface area contributed by atoms with E-state index in [4.69, 9.17) is 9.97 Å². The van der Waals surface area contributed by atoms with Crippen LogP contribution in [0.5, 0.6) is 0 Å². The van der Waals surface area contributed by atoms with Gasteiger partial charge in [-0.25, -0.2) is 16.8 Å². The van der Waals surface area contributed by atoms with Crippen LogP contribution in [0, 0.1) is 0 Å². The largest absolute Gasteiger partial charge is 0.375 e. The first kappa shape index (κ1) is 31.5. The molecular formula is C32H35N7O5S2. The fraction of sp³-hybridized carbons (Fsp3) is 0.281. The lowest BCUT2D eigenvalue weighted by atomic mass is 9.91. The molecule has 0 unspecified atom stereocenters. The van der Waals surface area contributed by atoms with Crippen molar-refractivity contribution < 1.29 is 16.8 Å². The zero-order valence-electron chi connectivity index (χ0n) is 25.9. The lowest BCUT2D eigenvalue weighted by molar-refractivity contribution is 0.282. The second-order valence-electron chi connectivity index (χ2n) is 11.6. The number of fused-ring (bicyclic) bond motifs is 1. The number of nitrogens with one attached hydrogen (secondary N) is 2. The van der Waals surface area contributed by atoms with E-state index in [1.807, 2.05) is 66.2 Å². The molecular weight excluding hydrogens is 627 g/mol. The molecule has 1 aliphatic heterocycles. The van der Waals surface area contributed by atoms with Crippen LogP contribution in [0.25, 0.3) is 22.0 Å². The topological polar surface area (TPSA) is 148 Å². The van der Waals surface area contributed by atoms with Gasteiger partial charge in [0.25, 0.3) is 5.56 Å². The molecule has 5 heterocycles. The van der Waals surface area contributed by atoms with Crippen LogP contribution in [0.4, 0.5) is 11.4 Å². The van der Waals surface area contributed by atoms with Gasteiger partial charge in [0.15, 0.2) is 0 Å². The van der Waals surface area contributed by atoms with Gasteiger partial charge in [-0.05, 0) is 67.9 Å². The molecule has 1 aliphatic rings. The summed E-state index contributed by atoms with van der Waals surface area (Å²) in [5, 5.41) is 3.88. The molecule has 0 aliphatic carbocycles. The Bertz CT molecular complexity index is 2150. The number of anilines is 2. The third-order valence-corrected chi connectivity index (χ3v) is 11.0. The number of sulfonamides is 2. The minimum atomic E-state index is -3.65. The summed E-state index contributed by atoms with van der Waals surface area (Å²) in [5.41, 5.74) is 3.08. The summed E-state index contributed by atoms with van der Waals surface area (Å²) < 4.78 is 57.1. The van der Waals surface area contributed by atoms with Crippen molar-refractivity contribution in [3.8, 4) is 11.1 Å². The van der Waals surface area contributed by atoms with Crippen LogP contribution in [-0.2, 0) is 32.6 Å². The Morgan fingerprint density at radius 1 is 0.913 bits per heavy atom. The Balaban J connectivity index is 1.53. The predicted molar refractivity (Wildman–Crippen MR) is 180 cm³/mol. The zero-order chi connectivity index (χ0) is 32.9. The fourth-order valence-corrected chi connectivity index (χ4v) is 7.34. The standard InChI is InChI=1S/C32H35N7O5S2/c1-5-46(43,44)36-26-16-22(23-17-27(31(40)37(3)19-23)35-24-20-38(21-24)45(4,41)42)18-28-25(26)12-15-39(28)32(2,29-10-6-8-13-33-29)30-11-7-9-14-34-30/h6-19,24,35-36H,5,20-21H2,1-4H3. The van der Waals surface area contributed by atoms with E-state index in [0.29, 0.717) is 27.9 Å². The van der Waals surface area contributed by atoms with Crippen LogP contribution in [0.1, 0.15) is 25.2 Å². The normalized spacial score (nSPS) is 14.7. The number of hydrogen-bond acceptors (Lipinski definition) is 8. The number of hydrogen-bond donors (Lipinski definition) is 2. The van der Waals surface area contributed by atoms with Gasteiger partial charge < -0.3 is 14.5 Å². The molecule has 6 rings (SSSR count). The summed E-state index contributed by atoms with van der Waals surface area (Å²) in [6.45, 7) is 4.11. The van der Waals surface area contributed by atoms with Crippen molar-refractivity contribution in [3.05, 3.63) is 107 Å². The molecule has 0 spiro atoms. The first-order valence-electron chi connectivity index (χ1n) is 14.7. The maximum Gasteiger partial charge on any atom is 0.273 e. The lowest BCUT2D eigenvalue weighted by Gasteiger charge is -2.37. The maximum absolute atomic E-state index is 13.1. The SMILES string of the molecule is CCS(=O)(=O)Nc1cc(-c2cc(NC3CN(S(C)(=O)=O)C3)c(=O)n(C)c2)cc2c1ccn2C(C)(c1ccccn1)c1ccccn1. The Morgan fingerprint density at radius 3 is 2.11 bits per heavy atom. The molecule has 14 heteroatoms. The fourth-order valence-electron chi connectivity index (χ4n) is 5.80. The van der Waals surface area contributed by atoms with Gasteiger partial charge >= 0.3 is 0 Å². The molecule has 0 saturated carbocycles. The van der Waals surface area contributed by atoms with Crippen molar-refractivity contribution in [3.63, 3.8) is 0 Å². The third kappa shape index (κ3) is 5.79. The summed E-state index contributed by atoms with van der Waals surface area (Å²) in [7, 11) is -5.32. The van der Waals surface area contributed by atoms with E-state index < -0.39 is 25.6 Å². The lowest BCUT2D eigenvalue weighted by Crippen LogP contribution is -2.57. The number of aromatic nitrogens is 4. The highest BCUT2D eigenvalue weighted by Crippen LogP contribution is 2.39. The van der Waals surface area contributed by atoms with E-state index >= 15 is 0 Å². The van der Waals surface area contributed by atoms with Crippen LogP contribution < -0.4 is 15.6 Å². The van der Waals surface area contributed by atoms with Gasteiger partial charge in [0.1, 0.15) is 11.2 Å². The van der Waals surface area contributed by atoms with Gasteiger partial charge in [0, 0.05) is 55.9 Å². The molecule has 46 heavy (non-hydrogen) atoms. The minimum Gasteiger partial charge on any atom is -0.375 e. The van der Waals surface area contributed by atoms with Crippen molar-refractivity contribution >= 4 is 42.3 Å². The van der Waals surface area contributed by atoms with Crippen LogP contribution in [-0.4, -0.2) is 71.4 Å². The minimum absolute atomic E-state index is 0.112. The summed E-state index contributed by atoms with van der Waals surface area (Å²) in [5.74, 6) is -0.112. The van der Waals surface area contributed by atoms with E-state index in [9.17, 15) is 21.6 Å². The third-order valence-electron chi connectivity index (χ3n) is 8.46. The van der Waals surface area contributed by atoms with Gasteiger partial charge in [0.05, 0.1) is 40.6 Å². The smallest absolute Gasteiger partial charge is 0.273 e. The number of pyridine rings is 3. The van der Waals surface area contributed by atoms with Gasteiger partial charge in [0.2, 0.25) is 20.0 Å². The van der Waals surface area contributed by atoms with Gasteiger partial charge in [-0.1, -0.05) is 12.1 Å². The van der Waals surface area contributed by atoms with Crippen LogP contribution in [0.2, 0.25) is 0 Å². The first-order chi connectivity index (χ1) is 21.8. The number of benzene rings is 1. The molecule has 0 atom stereocenters. The van der Waals surface area contributed by atoms with E-state index in [0.717, 1.165) is 23.2 Å². The monoisotopic (exact) mass is 661 g/mol. The Morgan fingerprint density at radius 2 is 1.54 bits per heavy atom. The predicted octanol–water partition coefficient (Wildman–Crippen LogP) is 3.43. The summed E-state index contributed by atoms with van der Waals surface area (Å²) in [4.78, 5) is 22.5. The quantitative estimate of drug-likeness (QED) is 0.231. The highest BCUT2D eigenvalue weighted by atomic mass is 32.2. The van der Waals surface area contributed by atoms with Crippen molar-refractivity contribution in [1.29, 1.82) is 0 Å². The highest BCUT2D eigenvalue weighted by Gasteiger charge is 2.36. The summed E-state index contributed by atoms with van der Waals surface area (Å²) in [6, 6.07) is 18.5. The van der Waals surface area contributed by atoms with Crippen molar-refractivity contribution in [2.24, 2.45) is 7.05 Å². The molecule has 2 N–H and O–H groups in total. The number of rotatable bonds is 10. The second-order valence-corrected chi connectivity index (χ2v) is 15.6. The average Bonchev–Trinajstić information content (AvgIpc) is 3.45. The van der Waals surface area contributed by atoms with Gasteiger partial charge in [-0.2, -0.15) is 4.31 Å². The van der Waals surface area contributed by atoms with E-state index in [-0.39, 0.29) is 30.4 Å². The van der Waals surface area contributed by atoms with Crippen LogP contribution >= 0.6 is 0 Å². The first-order valence-corrected chi connectivity index (χ1v) is 18.2. The van der Waals surface area contributed by atoms with Crippen molar-refractivity contribution in [2.75, 3.05) is 35.1 Å². The number of aryl methyl sites for hydroxylation is 1.